The molecule has 0 saturated carbocycles. The van der Waals surface area contributed by atoms with Gasteiger partial charge in [-0.05, 0) is 102 Å². The minimum absolute atomic E-state index is 0.0254. The molecule has 2 aliphatic rings. The molecule has 1 aliphatic heterocycles. The Morgan fingerprint density at radius 3 is 2.40 bits per heavy atom. The Labute approximate surface area is 254 Å². The van der Waals surface area contributed by atoms with Crippen LogP contribution in [0.1, 0.15) is 47.9 Å². The smallest absolute Gasteiger partial charge is 0.489 e. The molecule has 0 amide bonds. The molecule has 42 heavy (non-hydrogen) atoms. The lowest BCUT2D eigenvalue weighted by Gasteiger charge is -2.19. The van der Waals surface area contributed by atoms with Crippen molar-refractivity contribution >= 4 is 45.4 Å². The summed E-state index contributed by atoms with van der Waals surface area (Å²) >= 11 is 9.38. The fraction of sp³-hybridized carbons (Fsp3) is 0.355. The van der Waals surface area contributed by atoms with Crippen molar-refractivity contribution in [2.24, 2.45) is 0 Å². The number of ether oxygens (including phenoxy) is 1. The highest BCUT2D eigenvalue weighted by atomic mass is 35.5. The van der Waals surface area contributed by atoms with Crippen LogP contribution in [0, 0.1) is 0 Å². The van der Waals surface area contributed by atoms with E-state index in [1.165, 1.54) is 12.1 Å². The summed E-state index contributed by atoms with van der Waals surface area (Å²) < 4.78 is 73.7. The first-order valence-corrected chi connectivity index (χ1v) is 15.5. The normalized spacial score (nSPS) is 18.5. The van der Waals surface area contributed by atoms with E-state index in [1.807, 2.05) is 30.3 Å². The van der Waals surface area contributed by atoms with Gasteiger partial charge in [-0.2, -0.15) is 13.2 Å². The van der Waals surface area contributed by atoms with Crippen molar-refractivity contribution in [1.82, 2.24) is 4.90 Å². The van der Waals surface area contributed by atoms with Gasteiger partial charge in [-0.25, -0.2) is 4.21 Å². The van der Waals surface area contributed by atoms with Gasteiger partial charge in [0.15, 0.2) is 0 Å². The van der Waals surface area contributed by atoms with Crippen LogP contribution in [0.4, 0.5) is 17.6 Å². The number of hydrogen-bond acceptors (Lipinski definition) is 4. The quantitative estimate of drug-likeness (QED) is 0.219. The van der Waals surface area contributed by atoms with E-state index in [9.17, 15) is 21.8 Å². The second-order valence-electron chi connectivity index (χ2n) is 10.3. The highest BCUT2D eigenvalue weighted by Gasteiger charge is 2.40. The second-order valence-corrected chi connectivity index (χ2v) is 12.3. The molecule has 1 aliphatic carbocycles. The summed E-state index contributed by atoms with van der Waals surface area (Å²) in [7, 11) is 0. The Balaban J connectivity index is 1.50. The van der Waals surface area contributed by atoms with Crippen LogP contribution in [0.25, 0.3) is 11.1 Å². The molecule has 2 unspecified atom stereocenters. The summed E-state index contributed by atoms with van der Waals surface area (Å²) in [5.74, 6) is 0.604. The van der Waals surface area contributed by atoms with Gasteiger partial charge >= 0.3 is 16.6 Å². The number of halogens is 6. The van der Waals surface area contributed by atoms with Crippen LogP contribution in [-0.4, -0.2) is 47.0 Å². The Morgan fingerprint density at radius 2 is 1.69 bits per heavy atom. The third kappa shape index (κ3) is 7.30. The predicted octanol–water partition coefficient (Wildman–Crippen LogP) is 8.66. The first-order valence-electron chi connectivity index (χ1n) is 13.7. The number of allylic oxidation sites excluding steroid dienone is 1. The molecule has 3 aromatic rings. The zero-order chi connectivity index (χ0) is 29.9. The zero-order valence-corrected chi connectivity index (χ0v) is 24.9. The molecule has 1 heterocycles. The number of rotatable bonds is 9. The van der Waals surface area contributed by atoms with Crippen LogP contribution in [0.3, 0.4) is 0 Å². The van der Waals surface area contributed by atoms with Crippen molar-refractivity contribution in [2.75, 3.05) is 26.3 Å². The van der Waals surface area contributed by atoms with Crippen molar-refractivity contribution < 1.29 is 30.7 Å². The summed E-state index contributed by atoms with van der Waals surface area (Å²) in [5.41, 5.74) is 0.201. The van der Waals surface area contributed by atoms with E-state index in [0.29, 0.717) is 35.7 Å². The number of hydrogen-bond donors (Lipinski definition) is 0. The minimum atomic E-state index is -4.98. The van der Waals surface area contributed by atoms with Gasteiger partial charge in [0.2, 0.25) is 0 Å². The van der Waals surface area contributed by atoms with E-state index in [0.717, 1.165) is 65.2 Å². The van der Waals surface area contributed by atoms with E-state index < -0.39 is 16.6 Å². The van der Waals surface area contributed by atoms with Crippen LogP contribution in [0.5, 0.6) is 11.5 Å². The minimum Gasteiger partial charge on any atom is -0.489 e. The lowest BCUT2D eigenvalue weighted by Crippen LogP contribution is -2.26. The van der Waals surface area contributed by atoms with Gasteiger partial charge in [-0.3, -0.25) is 9.29 Å². The van der Waals surface area contributed by atoms with Gasteiger partial charge in [0.25, 0.3) is 0 Å². The van der Waals surface area contributed by atoms with Crippen molar-refractivity contribution in [1.29, 1.82) is 0 Å². The summed E-state index contributed by atoms with van der Waals surface area (Å²) in [6.45, 7) is 2.02. The third-order valence-corrected chi connectivity index (χ3v) is 8.69. The topological polar surface area (TPSA) is 38.8 Å². The number of likely N-dealkylation sites (tertiary alicyclic amines) is 1. The van der Waals surface area contributed by atoms with Crippen molar-refractivity contribution in [2.45, 2.75) is 43.7 Å². The monoisotopic (exact) mass is 641 g/mol. The lowest BCUT2D eigenvalue weighted by molar-refractivity contribution is -0.0437. The highest BCUT2D eigenvalue weighted by molar-refractivity contribution is 7.81. The van der Waals surface area contributed by atoms with Crippen molar-refractivity contribution in [3.8, 4) is 11.5 Å². The van der Waals surface area contributed by atoms with E-state index in [-0.39, 0.29) is 18.5 Å². The van der Waals surface area contributed by atoms with E-state index in [2.05, 4.69) is 4.90 Å². The fourth-order valence-electron chi connectivity index (χ4n) is 5.56. The Hall–Kier alpha value is -2.59. The molecule has 4 nitrogen and oxygen atoms in total. The first kappa shape index (κ1) is 30.9. The standard InChI is InChI=1S/C31H29Cl2F4NO3S/c32-22-7-11-27(29(33)18-22)28-4-1-3-21-17-24(41-42(39)31(35,36)37)10-12-26(21)30(28)20-5-8-23(9-6-20)40-25-13-16-38(19-25)15-2-14-34/h5-12,17-18,25H,1-4,13-16,19H2. The maximum Gasteiger partial charge on any atom is 0.508 e. The maximum absolute atomic E-state index is 12.9. The van der Waals surface area contributed by atoms with Crippen molar-refractivity contribution in [3.05, 3.63) is 93.0 Å². The summed E-state index contributed by atoms with van der Waals surface area (Å²) in [6.07, 6.45) is 3.35. The Kier molecular flexibility index (Phi) is 9.82. The fourth-order valence-corrected chi connectivity index (χ4v) is 6.45. The lowest BCUT2D eigenvalue weighted by atomic mass is 9.88. The molecular formula is C31H29Cl2F4NO3S. The number of fused-ring (bicyclic) bond motifs is 1. The van der Waals surface area contributed by atoms with Gasteiger partial charge in [0.05, 0.1) is 6.67 Å². The first-order chi connectivity index (χ1) is 20.1. The summed E-state index contributed by atoms with van der Waals surface area (Å²) in [5, 5.41) is 1.01. The number of benzene rings is 3. The SMILES string of the molecule is O=S(Oc1ccc2c(c1)CCCC(c1ccc(Cl)cc1Cl)=C2c1ccc(OC2CCN(CCCF)C2)cc1)C(F)(F)F. The van der Waals surface area contributed by atoms with Gasteiger partial charge in [0.1, 0.15) is 17.6 Å². The summed E-state index contributed by atoms with van der Waals surface area (Å²) in [4.78, 5) is 2.20. The molecule has 1 fully saturated rings. The van der Waals surface area contributed by atoms with E-state index in [4.69, 9.17) is 32.1 Å². The molecule has 1 saturated heterocycles. The highest BCUT2D eigenvalue weighted by Crippen LogP contribution is 2.43. The molecule has 0 N–H and O–H groups in total. The van der Waals surface area contributed by atoms with Crippen LogP contribution >= 0.6 is 23.2 Å². The molecule has 5 rings (SSSR count). The van der Waals surface area contributed by atoms with E-state index in [1.54, 1.807) is 18.2 Å². The third-order valence-electron chi connectivity index (χ3n) is 7.42. The molecule has 0 spiro atoms. The Bertz CT molecular complexity index is 1480. The second kappa shape index (κ2) is 13.4. The number of alkyl halides is 4. The van der Waals surface area contributed by atoms with Crippen LogP contribution in [-0.2, 0) is 17.5 Å². The molecule has 0 aromatic heterocycles. The van der Waals surface area contributed by atoms with Gasteiger partial charge in [-0.1, -0.05) is 47.5 Å². The summed E-state index contributed by atoms with van der Waals surface area (Å²) in [6, 6.07) is 17.7. The number of aryl methyl sites for hydroxylation is 1. The molecular weight excluding hydrogens is 613 g/mol. The zero-order valence-electron chi connectivity index (χ0n) is 22.6. The average molecular weight is 643 g/mol. The maximum atomic E-state index is 12.9. The van der Waals surface area contributed by atoms with E-state index >= 15 is 0 Å². The van der Waals surface area contributed by atoms with Crippen LogP contribution in [0.15, 0.2) is 60.7 Å². The van der Waals surface area contributed by atoms with Crippen LogP contribution < -0.4 is 8.92 Å². The van der Waals surface area contributed by atoms with Gasteiger partial charge in [-0.15, -0.1) is 0 Å². The largest absolute Gasteiger partial charge is 0.508 e. The predicted molar refractivity (Wildman–Crippen MR) is 159 cm³/mol. The average Bonchev–Trinajstić information content (AvgIpc) is 3.31. The molecule has 2 atom stereocenters. The molecule has 3 aromatic carbocycles. The van der Waals surface area contributed by atoms with Crippen molar-refractivity contribution in [3.63, 3.8) is 0 Å². The Morgan fingerprint density at radius 1 is 0.952 bits per heavy atom. The molecule has 11 heteroatoms. The van der Waals surface area contributed by atoms with Gasteiger partial charge < -0.3 is 8.92 Å². The molecule has 0 radical (unpaired) electrons. The molecule has 0 bridgehead atoms. The number of nitrogens with zero attached hydrogens (tertiary/aromatic N) is 1. The molecule has 224 valence electrons. The van der Waals surface area contributed by atoms with Crippen LogP contribution in [0.2, 0.25) is 10.0 Å². The van der Waals surface area contributed by atoms with Gasteiger partial charge in [0, 0.05) is 29.7 Å².